The van der Waals surface area contributed by atoms with Crippen molar-refractivity contribution in [3.63, 3.8) is 0 Å². The molecule has 8 rings (SSSR count). The first-order valence-electron chi connectivity index (χ1n) is 12.7. The van der Waals surface area contributed by atoms with Crippen molar-refractivity contribution in [1.82, 2.24) is 0 Å². The van der Waals surface area contributed by atoms with Gasteiger partial charge in [0.1, 0.15) is 0 Å². The Morgan fingerprint density at radius 2 is 0.676 bits per heavy atom. The molecule has 0 fully saturated rings. The van der Waals surface area contributed by atoms with E-state index in [0.717, 1.165) is 0 Å². The van der Waals surface area contributed by atoms with Gasteiger partial charge in [0.2, 0.25) is 0 Å². The van der Waals surface area contributed by atoms with Crippen molar-refractivity contribution in [1.29, 1.82) is 0 Å². The minimum absolute atomic E-state index is 1.24. The van der Waals surface area contributed by atoms with E-state index in [1.807, 2.05) is 11.3 Å². The summed E-state index contributed by atoms with van der Waals surface area (Å²) in [5.74, 6) is 0. The number of rotatable bonds is 2. The first kappa shape index (κ1) is 20.7. The highest BCUT2D eigenvalue weighted by Crippen LogP contribution is 2.38. The van der Waals surface area contributed by atoms with Crippen LogP contribution in [0.2, 0.25) is 0 Å². The minimum atomic E-state index is 1.24. The summed E-state index contributed by atoms with van der Waals surface area (Å²) in [4.78, 5) is 0. The maximum absolute atomic E-state index is 2.36. The van der Waals surface area contributed by atoms with E-state index < -0.39 is 0 Å². The van der Waals surface area contributed by atoms with Crippen LogP contribution in [0.3, 0.4) is 0 Å². The van der Waals surface area contributed by atoms with Crippen molar-refractivity contribution in [3.8, 4) is 22.3 Å². The lowest BCUT2D eigenvalue weighted by atomic mass is 9.92. The molecule has 0 radical (unpaired) electrons. The molecule has 0 aliphatic rings. The van der Waals surface area contributed by atoms with Crippen LogP contribution in [0.15, 0.2) is 133 Å². The van der Waals surface area contributed by atoms with Crippen LogP contribution in [0.1, 0.15) is 0 Å². The second kappa shape index (κ2) is 8.03. The van der Waals surface area contributed by atoms with E-state index in [-0.39, 0.29) is 0 Å². The van der Waals surface area contributed by atoms with Crippen LogP contribution in [-0.4, -0.2) is 0 Å². The van der Waals surface area contributed by atoms with Crippen LogP contribution >= 0.6 is 11.3 Å². The van der Waals surface area contributed by atoms with Crippen molar-refractivity contribution in [3.05, 3.63) is 133 Å². The summed E-state index contributed by atoms with van der Waals surface area (Å²) in [5, 5.41) is 10.6. The molecule has 0 saturated heterocycles. The molecule has 0 aliphatic heterocycles. The smallest absolute Gasteiger partial charge is 0.0355 e. The number of hydrogen-bond acceptors (Lipinski definition) is 1. The highest BCUT2D eigenvalue weighted by atomic mass is 32.1. The number of benzene rings is 7. The fourth-order valence-corrected chi connectivity index (χ4v) is 6.93. The van der Waals surface area contributed by atoms with Gasteiger partial charge in [-0.2, -0.15) is 0 Å². The second-order valence-corrected chi connectivity index (χ2v) is 10.8. The predicted molar refractivity (Wildman–Crippen MR) is 163 cm³/mol. The van der Waals surface area contributed by atoms with Crippen LogP contribution in [0, 0.1) is 0 Å². The zero-order valence-electron chi connectivity index (χ0n) is 20.1. The standard InChI is InChI=1S/C36H22S/c1-2-9-29-27(7-1)28-8-3-4-10-30(28)33-21-25(17-19-31(29)33)23-13-15-24(16-14-23)26-18-20-36-34(22-26)32-11-5-6-12-35(32)37-36/h1-22H. The second-order valence-electron chi connectivity index (χ2n) is 9.74. The van der Waals surface area contributed by atoms with Crippen molar-refractivity contribution in [2.75, 3.05) is 0 Å². The lowest BCUT2D eigenvalue weighted by Crippen LogP contribution is -1.85. The van der Waals surface area contributed by atoms with Gasteiger partial charge in [0.15, 0.2) is 0 Å². The van der Waals surface area contributed by atoms with E-state index in [2.05, 4.69) is 133 Å². The SMILES string of the molecule is c1ccc2c(c1)sc1ccc(-c3ccc(-c4ccc5c6ccccc6c6ccccc6c5c4)cc3)cc12. The third-order valence-electron chi connectivity index (χ3n) is 7.67. The van der Waals surface area contributed by atoms with E-state index in [9.17, 15) is 0 Å². The third-order valence-corrected chi connectivity index (χ3v) is 8.82. The molecule has 172 valence electrons. The maximum Gasteiger partial charge on any atom is 0.0355 e. The fraction of sp³-hybridized carbons (Fsp3) is 0. The third kappa shape index (κ3) is 3.21. The lowest BCUT2D eigenvalue weighted by molar-refractivity contribution is 1.62. The van der Waals surface area contributed by atoms with Gasteiger partial charge in [-0.05, 0) is 78.8 Å². The molecule has 8 aromatic rings. The molecule has 0 atom stereocenters. The molecule has 37 heavy (non-hydrogen) atoms. The van der Waals surface area contributed by atoms with Gasteiger partial charge in [0.05, 0.1) is 0 Å². The molecule has 1 heterocycles. The normalized spacial score (nSPS) is 11.8. The summed E-state index contributed by atoms with van der Waals surface area (Å²) in [6.45, 7) is 0. The molecule has 0 saturated carbocycles. The Hall–Kier alpha value is -4.46. The molecule has 1 heteroatoms. The van der Waals surface area contributed by atoms with Crippen molar-refractivity contribution < 1.29 is 0 Å². The predicted octanol–water partition coefficient (Wildman–Crippen LogP) is 10.8. The number of hydrogen-bond donors (Lipinski definition) is 0. The zero-order valence-corrected chi connectivity index (χ0v) is 20.9. The molecule has 1 aromatic heterocycles. The average Bonchev–Trinajstić information content (AvgIpc) is 3.35. The van der Waals surface area contributed by atoms with Crippen LogP contribution in [0.4, 0.5) is 0 Å². The summed E-state index contributed by atoms with van der Waals surface area (Å²) < 4.78 is 2.69. The highest BCUT2D eigenvalue weighted by Gasteiger charge is 2.10. The van der Waals surface area contributed by atoms with Gasteiger partial charge in [-0.15, -0.1) is 11.3 Å². The van der Waals surface area contributed by atoms with E-state index in [1.165, 1.54) is 74.7 Å². The summed E-state index contributed by atoms with van der Waals surface area (Å²) in [6, 6.07) is 49.0. The van der Waals surface area contributed by atoms with E-state index in [0.29, 0.717) is 0 Å². The Bertz CT molecular complexity index is 2090. The molecule has 0 N–H and O–H groups in total. The monoisotopic (exact) mass is 486 g/mol. The Labute approximate surface area is 219 Å². The highest BCUT2D eigenvalue weighted by molar-refractivity contribution is 7.25. The summed E-state index contributed by atoms with van der Waals surface area (Å²) in [5.41, 5.74) is 5.00. The Balaban J connectivity index is 1.24. The first-order valence-corrected chi connectivity index (χ1v) is 13.5. The van der Waals surface area contributed by atoms with E-state index in [1.54, 1.807) is 0 Å². The molecule has 7 aromatic carbocycles. The molecule has 0 aliphatic carbocycles. The van der Waals surface area contributed by atoms with E-state index in [4.69, 9.17) is 0 Å². The average molecular weight is 487 g/mol. The molecule has 0 nitrogen and oxygen atoms in total. The van der Waals surface area contributed by atoms with Gasteiger partial charge in [0, 0.05) is 20.2 Å². The van der Waals surface area contributed by atoms with Gasteiger partial charge in [-0.1, -0.05) is 109 Å². The molecule has 0 unspecified atom stereocenters. The van der Waals surface area contributed by atoms with Gasteiger partial charge < -0.3 is 0 Å². The Morgan fingerprint density at radius 1 is 0.270 bits per heavy atom. The number of thiophene rings is 1. The Kier molecular flexibility index (Phi) is 4.49. The van der Waals surface area contributed by atoms with E-state index >= 15 is 0 Å². The fourth-order valence-electron chi connectivity index (χ4n) is 5.85. The minimum Gasteiger partial charge on any atom is -0.135 e. The first-order chi connectivity index (χ1) is 18.3. The van der Waals surface area contributed by atoms with Crippen LogP contribution < -0.4 is 0 Å². The van der Waals surface area contributed by atoms with Gasteiger partial charge in [-0.3, -0.25) is 0 Å². The van der Waals surface area contributed by atoms with Crippen LogP contribution in [0.5, 0.6) is 0 Å². The summed E-state index contributed by atoms with van der Waals surface area (Å²) in [7, 11) is 0. The van der Waals surface area contributed by atoms with Crippen LogP contribution in [0.25, 0.3) is 74.7 Å². The largest absolute Gasteiger partial charge is 0.135 e. The summed E-state index contributed by atoms with van der Waals surface area (Å²) in [6.07, 6.45) is 0. The molecule has 0 spiro atoms. The molecule has 0 bridgehead atoms. The van der Waals surface area contributed by atoms with Gasteiger partial charge >= 0.3 is 0 Å². The van der Waals surface area contributed by atoms with Crippen LogP contribution in [-0.2, 0) is 0 Å². The van der Waals surface area contributed by atoms with Crippen molar-refractivity contribution >= 4 is 63.8 Å². The van der Waals surface area contributed by atoms with Crippen molar-refractivity contribution in [2.24, 2.45) is 0 Å². The zero-order chi connectivity index (χ0) is 24.3. The maximum atomic E-state index is 2.36. The van der Waals surface area contributed by atoms with Crippen molar-refractivity contribution in [2.45, 2.75) is 0 Å². The molecule has 0 amide bonds. The Morgan fingerprint density at radius 3 is 1.30 bits per heavy atom. The van der Waals surface area contributed by atoms with Gasteiger partial charge in [-0.25, -0.2) is 0 Å². The molecular formula is C36H22S. The van der Waals surface area contributed by atoms with Gasteiger partial charge in [0.25, 0.3) is 0 Å². The number of fused-ring (bicyclic) bond motifs is 9. The summed E-state index contributed by atoms with van der Waals surface area (Å²) >= 11 is 1.87. The topological polar surface area (TPSA) is 0 Å². The molecular weight excluding hydrogens is 464 g/mol. The lowest BCUT2D eigenvalue weighted by Gasteiger charge is -2.12. The quantitative estimate of drug-likeness (QED) is 0.213.